The number of carbonyl (C=O) groups is 1. The molecule has 0 fully saturated rings. The van der Waals surface area contributed by atoms with Crippen LogP contribution in [0.3, 0.4) is 0 Å². The molecule has 0 aliphatic heterocycles. The normalized spacial score (nSPS) is 10.7. The number of carbonyl (C=O) groups excluding carboxylic acids is 1. The van der Waals surface area contributed by atoms with E-state index in [0.29, 0.717) is 0 Å². The van der Waals surface area contributed by atoms with Gasteiger partial charge >= 0.3 is 0 Å². The van der Waals surface area contributed by atoms with Gasteiger partial charge in [0.2, 0.25) is 5.91 Å². The first-order valence-electron chi connectivity index (χ1n) is 6.34. The third kappa shape index (κ3) is 2.25. The molecule has 0 radical (unpaired) electrons. The van der Waals surface area contributed by atoms with Crippen LogP contribution in [-0.2, 0) is 11.3 Å². The lowest BCUT2D eigenvalue weighted by Gasteiger charge is -2.03. The summed E-state index contributed by atoms with van der Waals surface area (Å²) in [5, 5.41) is 9.03. The predicted octanol–water partition coefficient (Wildman–Crippen LogP) is 1.84. The summed E-state index contributed by atoms with van der Waals surface area (Å²) in [4.78, 5) is 15.5. The van der Waals surface area contributed by atoms with Crippen LogP contribution in [0.5, 0.6) is 0 Å². The van der Waals surface area contributed by atoms with Crippen LogP contribution in [0.1, 0.15) is 0 Å². The fourth-order valence-electron chi connectivity index (χ4n) is 2.19. The van der Waals surface area contributed by atoms with Gasteiger partial charge in [0.25, 0.3) is 0 Å². The van der Waals surface area contributed by atoms with Crippen LogP contribution in [0.4, 0.5) is 0 Å². The fourth-order valence-corrected chi connectivity index (χ4v) is 2.19. The van der Waals surface area contributed by atoms with E-state index in [2.05, 4.69) is 15.4 Å². The van der Waals surface area contributed by atoms with Gasteiger partial charge < -0.3 is 5.32 Å². The highest BCUT2D eigenvalue weighted by Gasteiger charge is 2.07. The highest BCUT2D eigenvalue weighted by Crippen LogP contribution is 2.27. The Morgan fingerprint density at radius 3 is 3.05 bits per heavy atom. The molecule has 0 saturated heterocycles. The maximum atomic E-state index is 11.4. The number of fused-ring (bicyclic) bond motifs is 1. The Morgan fingerprint density at radius 2 is 2.20 bits per heavy atom. The van der Waals surface area contributed by atoms with E-state index in [0.717, 1.165) is 21.9 Å². The molecule has 1 amide bonds. The minimum atomic E-state index is -0.0678. The van der Waals surface area contributed by atoms with Gasteiger partial charge in [0.05, 0.1) is 6.20 Å². The summed E-state index contributed by atoms with van der Waals surface area (Å²) in [6, 6.07) is 8.06. The van der Waals surface area contributed by atoms with Crippen LogP contribution >= 0.6 is 0 Å². The molecule has 0 bridgehead atoms. The van der Waals surface area contributed by atoms with Gasteiger partial charge in [0.15, 0.2) is 0 Å². The molecule has 20 heavy (non-hydrogen) atoms. The highest BCUT2D eigenvalue weighted by atomic mass is 16.1. The maximum absolute atomic E-state index is 11.4. The Labute approximate surface area is 116 Å². The van der Waals surface area contributed by atoms with Crippen LogP contribution < -0.4 is 5.32 Å². The molecule has 0 aliphatic carbocycles. The van der Waals surface area contributed by atoms with Crippen LogP contribution in [0.25, 0.3) is 21.9 Å². The molecule has 100 valence electrons. The number of nitrogens with one attached hydrogen (secondary N) is 1. The fraction of sp³-hybridized carbons (Fsp3) is 0.133. The van der Waals surface area contributed by atoms with Gasteiger partial charge in [-0.25, -0.2) is 0 Å². The molecule has 3 rings (SSSR count). The van der Waals surface area contributed by atoms with E-state index >= 15 is 0 Å². The molecule has 0 atom stereocenters. The van der Waals surface area contributed by atoms with Gasteiger partial charge in [-0.15, -0.1) is 0 Å². The van der Waals surface area contributed by atoms with Gasteiger partial charge in [0.1, 0.15) is 6.54 Å². The molecule has 2 heterocycles. The number of pyridine rings is 1. The van der Waals surface area contributed by atoms with E-state index in [1.54, 1.807) is 24.1 Å². The first-order valence-corrected chi connectivity index (χ1v) is 6.34. The van der Waals surface area contributed by atoms with Crippen molar-refractivity contribution in [2.75, 3.05) is 7.05 Å². The first kappa shape index (κ1) is 12.3. The number of aromatic nitrogens is 3. The summed E-state index contributed by atoms with van der Waals surface area (Å²) in [5.74, 6) is -0.0678. The second-order valence-electron chi connectivity index (χ2n) is 4.50. The molecule has 0 spiro atoms. The van der Waals surface area contributed by atoms with Crippen molar-refractivity contribution >= 4 is 16.7 Å². The van der Waals surface area contributed by atoms with Crippen molar-refractivity contribution in [1.29, 1.82) is 0 Å². The summed E-state index contributed by atoms with van der Waals surface area (Å²) in [5.41, 5.74) is 2.08. The summed E-state index contributed by atoms with van der Waals surface area (Å²) < 4.78 is 1.63. The minimum absolute atomic E-state index is 0.0678. The molecular formula is C15H14N4O. The van der Waals surface area contributed by atoms with Gasteiger partial charge in [-0.1, -0.05) is 18.2 Å². The van der Waals surface area contributed by atoms with E-state index in [-0.39, 0.29) is 12.5 Å². The molecule has 0 saturated carbocycles. The van der Waals surface area contributed by atoms with E-state index < -0.39 is 0 Å². The Kier molecular flexibility index (Phi) is 3.16. The van der Waals surface area contributed by atoms with Crippen LogP contribution in [0.2, 0.25) is 0 Å². The standard InChI is InChI=1S/C15H14N4O/c1-16-15(20)10-19-9-12(8-18-19)13-4-2-3-11-7-17-6-5-14(11)13/h2-9H,10H2,1H3,(H,16,20). The summed E-state index contributed by atoms with van der Waals surface area (Å²) in [6.07, 6.45) is 7.27. The first-order chi connectivity index (χ1) is 9.78. The van der Waals surface area contributed by atoms with Gasteiger partial charge in [-0.3, -0.25) is 14.5 Å². The lowest BCUT2D eigenvalue weighted by atomic mass is 10.0. The number of nitrogens with zero attached hydrogens (tertiary/aromatic N) is 3. The Bertz CT molecular complexity index is 758. The topological polar surface area (TPSA) is 59.8 Å². The smallest absolute Gasteiger partial charge is 0.241 e. The van der Waals surface area contributed by atoms with Crippen molar-refractivity contribution in [2.45, 2.75) is 6.54 Å². The van der Waals surface area contributed by atoms with Crippen molar-refractivity contribution < 1.29 is 4.79 Å². The number of benzene rings is 1. The highest BCUT2D eigenvalue weighted by molar-refractivity contribution is 5.95. The second-order valence-corrected chi connectivity index (χ2v) is 4.50. The second kappa shape index (κ2) is 5.13. The van der Waals surface area contributed by atoms with Crippen molar-refractivity contribution in [3.05, 3.63) is 49.1 Å². The van der Waals surface area contributed by atoms with E-state index in [4.69, 9.17) is 0 Å². The molecule has 5 heteroatoms. The van der Waals surface area contributed by atoms with Crippen LogP contribution in [0.15, 0.2) is 49.1 Å². The summed E-state index contributed by atoms with van der Waals surface area (Å²) in [7, 11) is 1.62. The number of likely N-dealkylation sites (N-methyl/N-ethyl adjacent to an activating group) is 1. The number of amides is 1. The average molecular weight is 266 g/mol. The lowest BCUT2D eigenvalue weighted by molar-refractivity contribution is -0.121. The molecule has 1 aromatic carbocycles. The molecular weight excluding hydrogens is 252 g/mol. The van der Waals surface area contributed by atoms with E-state index in [1.165, 1.54) is 0 Å². The van der Waals surface area contributed by atoms with Gasteiger partial charge in [0, 0.05) is 36.6 Å². The average Bonchev–Trinajstić information content (AvgIpc) is 2.94. The zero-order valence-electron chi connectivity index (χ0n) is 11.1. The van der Waals surface area contributed by atoms with Crippen molar-refractivity contribution in [2.24, 2.45) is 0 Å². The predicted molar refractivity (Wildman–Crippen MR) is 77.0 cm³/mol. The molecule has 0 unspecified atom stereocenters. The van der Waals surface area contributed by atoms with Crippen molar-refractivity contribution in [3.8, 4) is 11.1 Å². The molecule has 0 aliphatic rings. The molecule has 3 aromatic rings. The maximum Gasteiger partial charge on any atom is 0.241 e. The zero-order valence-corrected chi connectivity index (χ0v) is 11.1. The number of hydrogen-bond donors (Lipinski definition) is 1. The summed E-state index contributed by atoms with van der Waals surface area (Å²) in [6.45, 7) is 0.225. The molecule has 5 nitrogen and oxygen atoms in total. The Hall–Kier alpha value is -2.69. The van der Waals surface area contributed by atoms with E-state index in [9.17, 15) is 4.79 Å². The van der Waals surface area contributed by atoms with Gasteiger partial charge in [-0.2, -0.15) is 5.10 Å². The number of hydrogen-bond acceptors (Lipinski definition) is 3. The zero-order chi connectivity index (χ0) is 13.9. The monoisotopic (exact) mass is 266 g/mol. The lowest BCUT2D eigenvalue weighted by Crippen LogP contribution is -2.23. The van der Waals surface area contributed by atoms with Crippen LogP contribution in [0, 0.1) is 0 Å². The number of rotatable bonds is 3. The quantitative estimate of drug-likeness (QED) is 0.787. The van der Waals surface area contributed by atoms with Crippen LogP contribution in [-0.4, -0.2) is 27.7 Å². The van der Waals surface area contributed by atoms with Gasteiger partial charge in [-0.05, 0) is 17.0 Å². The van der Waals surface area contributed by atoms with Crippen molar-refractivity contribution in [3.63, 3.8) is 0 Å². The summed E-state index contributed by atoms with van der Waals surface area (Å²) >= 11 is 0. The molecule has 1 N–H and O–H groups in total. The SMILES string of the molecule is CNC(=O)Cn1cc(-c2cccc3cnccc23)cn1. The van der Waals surface area contributed by atoms with E-state index in [1.807, 2.05) is 36.7 Å². The third-order valence-electron chi connectivity index (χ3n) is 3.21. The Balaban J connectivity index is 2.01. The Morgan fingerprint density at radius 1 is 1.30 bits per heavy atom. The molecule has 2 aromatic heterocycles. The third-order valence-corrected chi connectivity index (χ3v) is 3.21. The minimum Gasteiger partial charge on any atom is -0.358 e. The largest absolute Gasteiger partial charge is 0.358 e. The van der Waals surface area contributed by atoms with Crippen molar-refractivity contribution in [1.82, 2.24) is 20.1 Å².